The van der Waals surface area contributed by atoms with Gasteiger partial charge in [-0.15, -0.1) is 0 Å². The third-order valence-electron chi connectivity index (χ3n) is 5.00. The number of halogens is 1. The van der Waals surface area contributed by atoms with Crippen LogP contribution in [0.4, 0.5) is 0 Å². The number of rotatable bonds is 5. The lowest BCUT2D eigenvalue weighted by Gasteiger charge is -2.05. The standard InChI is InChI=1S/C24H20BrN3O/c1-27-22(19-11-13-21(25)14-12-19)15-28(24(27)26)16-23(29)20-9-7-18(8-10-20)17-5-3-2-4-6-17/h2-15,26H,16H2,1H3. The molecule has 0 saturated heterocycles. The molecule has 29 heavy (non-hydrogen) atoms. The summed E-state index contributed by atoms with van der Waals surface area (Å²) in [5.41, 5.74) is 5.03. The van der Waals surface area contributed by atoms with Crippen molar-refractivity contribution in [1.82, 2.24) is 9.13 Å². The Kier molecular flexibility index (Phi) is 5.32. The van der Waals surface area contributed by atoms with Crippen LogP contribution in [0.25, 0.3) is 22.4 Å². The van der Waals surface area contributed by atoms with Crippen LogP contribution in [-0.2, 0) is 13.6 Å². The summed E-state index contributed by atoms with van der Waals surface area (Å²) in [5, 5.41) is 8.37. The normalized spacial score (nSPS) is 10.8. The quantitative estimate of drug-likeness (QED) is 0.417. The number of nitrogens with zero attached hydrogens (tertiary/aromatic N) is 2. The molecule has 1 heterocycles. The van der Waals surface area contributed by atoms with E-state index in [0.29, 0.717) is 5.56 Å². The van der Waals surface area contributed by atoms with E-state index in [2.05, 4.69) is 15.9 Å². The van der Waals surface area contributed by atoms with E-state index in [9.17, 15) is 4.79 Å². The summed E-state index contributed by atoms with van der Waals surface area (Å²) in [6.45, 7) is 0.133. The first-order chi connectivity index (χ1) is 14.0. The number of ketones is 1. The Balaban J connectivity index is 1.56. The van der Waals surface area contributed by atoms with Gasteiger partial charge in [0.1, 0.15) is 0 Å². The maximum atomic E-state index is 12.8. The third-order valence-corrected chi connectivity index (χ3v) is 5.53. The largest absolute Gasteiger partial charge is 0.314 e. The number of Topliss-reactive ketones (excluding diaryl/α,β-unsaturated/α-hetero) is 1. The Hall–Kier alpha value is -3.18. The summed E-state index contributed by atoms with van der Waals surface area (Å²) in [4.78, 5) is 12.8. The van der Waals surface area contributed by atoms with Gasteiger partial charge in [0.2, 0.25) is 5.62 Å². The van der Waals surface area contributed by atoms with Crippen LogP contribution in [0.5, 0.6) is 0 Å². The number of carbonyl (C=O) groups is 1. The van der Waals surface area contributed by atoms with E-state index in [4.69, 9.17) is 5.41 Å². The van der Waals surface area contributed by atoms with Gasteiger partial charge in [-0.3, -0.25) is 10.2 Å². The lowest BCUT2D eigenvalue weighted by Crippen LogP contribution is -2.25. The van der Waals surface area contributed by atoms with Gasteiger partial charge in [0.05, 0.1) is 12.2 Å². The fourth-order valence-electron chi connectivity index (χ4n) is 3.34. The molecule has 0 radical (unpaired) electrons. The average Bonchev–Trinajstić information content (AvgIpc) is 3.03. The molecule has 0 aliphatic rings. The van der Waals surface area contributed by atoms with Crippen LogP contribution < -0.4 is 5.62 Å². The summed E-state index contributed by atoms with van der Waals surface area (Å²) in [7, 11) is 1.84. The number of hydrogen-bond donors (Lipinski definition) is 1. The molecule has 3 aromatic carbocycles. The molecule has 0 aliphatic carbocycles. The molecule has 4 aromatic rings. The minimum atomic E-state index is -0.0175. The first kappa shape index (κ1) is 19.2. The first-order valence-corrected chi connectivity index (χ1v) is 10.1. The van der Waals surface area contributed by atoms with Crippen LogP contribution in [0.15, 0.2) is 89.5 Å². The number of benzene rings is 3. The van der Waals surface area contributed by atoms with Gasteiger partial charge in [0.25, 0.3) is 0 Å². The van der Waals surface area contributed by atoms with Gasteiger partial charge in [-0.1, -0.05) is 82.7 Å². The van der Waals surface area contributed by atoms with Crippen LogP contribution in [0.1, 0.15) is 10.4 Å². The van der Waals surface area contributed by atoms with Crippen molar-refractivity contribution in [3.05, 3.63) is 101 Å². The van der Waals surface area contributed by atoms with E-state index < -0.39 is 0 Å². The predicted octanol–water partition coefficient (Wildman–Crippen LogP) is 5.29. The molecule has 0 atom stereocenters. The van der Waals surface area contributed by atoms with Crippen LogP contribution >= 0.6 is 15.9 Å². The zero-order chi connectivity index (χ0) is 20.4. The number of hydrogen-bond acceptors (Lipinski definition) is 2. The van der Waals surface area contributed by atoms with E-state index in [-0.39, 0.29) is 17.9 Å². The Morgan fingerprint density at radius 3 is 2.10 bits per heavy atom. The fourth-order valence-corrected chi connectivity index (χ4v) is 3.60. The van der Waals surface area contributed by atoms with Gasteiger partial charge in [-0.25, -0.2) is 0 Å². The molecular weight excluding hydrogens is 426 g/mol. The van der Waals surface area contributed by atoms with Crippen LogP contribution in [0, 0.1) is 5.41 Å². The van der Waals surface area contributed by atoms with Gasteiger partial charge in [0.15, 0.2) is 5.78 Å². The van der Waals surface area contributed by atoms with E-state index in [0.717, 1.165) is 26.9 Å². The molecule has 144 valence electrons. The van der Waals surface area contributed by atoms with Gasteiger partial charge in [-0.2, -0.15) is 0 Å². The van der Waals surface area contributed by atoms with Gasteiger partial charge < -0.3 is 9.13 Å². The van der Waals surface area contributed by atoms with Crippen molar-refractivity contribution < 1.29 is 4.79 Å². The Morgan fingerprint density at radius 1 is 0.862 bits per heavy atom. The molecular formula is C24H20BrN3O. The zero-order valence-corrected chi connectivity index (χ0v) is 17.6. The third kappa shape index (κ3) is 4.00. The second-order valence-electron chi connectivity index (χ2n) is 6.90. The zero-order valence-electron chi connectivity index (χ0n) is 16.0. The lowest BCUT2D eigenvalue weighted by molar-refractivity contribution is 0.0970. The molecule has 4 rings (SSSR count). The van der Waals surface area contributed by atoms with Crippen molar-refractivity contribution >= 4 is 21.7 Å². The van der Waals surface area contributed by atoms with E-state index in [1.54, 1.807) is 9.13 Å². The van der Waals surface area contributed by atoms with Crippen LogP contribution in [0.2, 0.25) is 0 Å². The van der Waals surface area contributed by atoms with Crippen LogP contribution in [0.3, 0.4) is 0 Å². The van der Waals surface area contributed by atoms with E-state index in [1.165, 1.54) is 0 Å². The second kappa shape index (κ2) is 8.05. The smallest absolute Gasteiger partial charge is 0.202 e. The van der Waals surface area contributed by atoms with Gasteiger partial charge in [0, 0.05) is 23.3 Å². The Bertz CT molecular complexity index is 1200. The predicted molar refractivity (Wildman–Crippen MR) is 119 cm³/mol. The topological polar surface area (TPSA) is 50.8 Å². The van der Waals surface area contributed by atoms with Crippen molar-refractivity contribution in [2.24, 2.45) is 7.05 Å². The number of imidazole rings is 1. The second-order valence-corrected chi connectivity index (χ2v) is 7.81. The first-order valence-electron chi connectivity index (χ1n) is 9.28. The molecule has 4 nitrogen and oxygen atoms in total. The SMILES string of the molecule is Cn1c(-c2ccc(Br)cc2)cn(CC(=O)c2ccc(-c3ccccc3)cc2)c1=N. The number of aromatic nitrogens is 2. The molecule has 0 saturated carbocycles. The maximum Gasteiger partial charge on any atom is 0.202 e. The summed E-state index contributed by atoms with van der Waals surface area (Å²) >= 11 is 3.44. The van der Waals surface area contributed by atoms with Crippen molar-refractivity contribution in [3.63, 3.8) is 0 Å². The molecule has 5 heteroatoms. The molecule has 0 spiro atoms. The summed E-state index contributed by atoms with van der Waals surface area (Å²) < 4.78 is 4.48. The molecule has 0 fully saturated rings. The fraction of sp³-hybridized carbons (Fsp3) is 0.0833. The summed E-state index contributed by atoms with van der Waals surface area (Å²) in [6, 6.07) is 25.6. The molecule has 0 bridgehead atoms. The Morgan fingerprint density at radius 2 is 1.45 bits per heavy atom. The molecule has 0 amide bonds. The average molecular weight is 446 g/mol. The van der Waals surface area contributed by atoms with Crippen LogP contribution in [-0.4, -0.2) is 14.9 Å². The van der Waals surface area contributed by atoms with Gasteiger partial charge in [-0.05, 0) is 28.8 Å². The highest BCUT2D eigenvalue weighted by Gasteiger charge is 2.12. The highest BCUT2D eigenvalue weighted by molar-refractivity contribution is 9.10. The van der Waals surface area contributed by atoms with Crippen molar-refractivity contribution in [1.29, 1.82) is 5.41 Å². The van der Waals surface area contributed by atoms with E-state index in [1.807, 2.05) is 92.1 Å². The molecule has 1 N–H and O–H groups in total. The van der Waals surface area contributed by atoms with Crippen molar-refractivity contribution in [3.8, 4) is 22.4 Å². The summed E-state index contributed by atoms with van der Waals surface area (Å²) in [5.74, 6) is -0.0175. The highest BCUT2D eigenvalue weighted by atomic mass is 79.9. The molecule has 0 aliphatic heterocycles. The maximum absolute atomic E-state index is 12.8. The minimum absolute atomic E-state index is 0.0175. The number of nitrogens with one attached hydrogen (secondary N) is 1. The monoisotopic (exact) mass is 445 g/mol. The lowest BCUT2D eigenvalue weighted by atomic mass is 10.0. The molecule has 0 unspecified atom stereocenters. The summed E-state index contributed by atoms with van der Waals surface area (Å²) in [6.07, 6.45) is 1.86. The number of carbonyl (C=O) groups excluding carboxylic acids is 1. The van der Waals surface area contributed by atoms with E-state index >= 15 is 0 Å². The highest BCUT2D eigenvalue weighted by Crippen LogP contribution is 2.21. The van der Waals surface area contributed by atoms with Gasteiger partial charge >= 0.3 is 0 Å². The van der Waals surface area contributed by atoms with Crippen molar-refractivity contribution in [2.45, 2.75) is 6.54 Å². The van der Waals surface area contributed by atoms with Crippen molar-refractivity contribution in [2.75, 3.05) is 0 Å². The minimum Gasteiger partial charge on any atom is -0.314 e. The Labute approximate surface area is 177 Å². The molecule has 1 aromatic heterocycles.